The molecule has 2 aromatic carbocycles. The zero-order valence-corrected chi connectivity index (χ0v) is 14.8. The third-order valence-electron chi connectivity index (χ3n) is 3.73. The van der Waals surface area contributed by atoms with Gasteiger partial charge in [0.1, 0.15) is 12.4 Å². The van der Waals surface area contributed by atoms with Gasteiger partial charge in [-0.2, -0.15) is 0 Å². The zero-order chi connectivity index (χ0) is 17.6. The SMILES string of the molecule is CCn1c(SC[C@@H](O)COc2ccccc2)nc2ccccc2c1=O. The lowest BCUT2D eigenvalue weighted by molar-refractivity contribution is 0.126. The predicted molar refractivity (Wildman–Crippen MR) is 100 cm³/mol. The van der Waals surface area contributed by atoms with E-state index in [-0.39, 0.29) is 12.2 Å². The van der Waals surface area contributed by atoms with Crippen molar-refractivity contribution in [3.05, 3.63) is 65.0 Å². The lowest BCUT2D eigenvalue weighted by atomic mass is 10.2. The van der Waals surface area contributed by atoms with E-state index in [1.165, 1.54) is 11.8 Å². The standard InChI is InChI=1S/C19H20N2O3S/c1-2-21-18(23)16-10-6-7-11-17(16)20-19(21)25-13-14(22)12-24-15-8-4-3-5-9-15/h3-11,14,22H,2,12-13H2,1H3/t14-/m0/s1. The van der Waals surface area contributed by atoms with Crippen LogP contribution in [0.2, 0.25) is 0 Å². The highest BCUT2D eigenvalue weighted by atomic mass is 32.2. The normalized spacial score (nSPS) is 12.2. The van der Waals surface area contributed by atoms with Crippen LogP contribution in [-0.2, 0) is 6.54 Å². The summed E-state index contributed by atoms with van der Waals surface area (Å²) in [6.45, 7) is 2.65. The molecule has 0 aliphatic heterocycles. The van der Waals surface area contributed by atoms with Gasteiger partial charge in [-0.05, 0) is 31.2 Å². The average Bonchev–Trinajstić information content (AvgIpc) is 2.65. The third-order valence-corrected chi connectivity index (χ3v) is 4.85. The van der Waals surface area contributed by atoms with Crippen molar-refractivity contribution in [2.75, 3.05) is 12.4 Å². The Labute approximate surface area is 150 Å². The van der Waals surface area contributed by atoms with Crippen LogP contribution in [0.15, 0.2) is 64.5 Å². The molecule has 0 saturated heterocycles. The van der Waals surface area contributed by atoms with Gasteiger partial charge in [-0.1, -0.05) is 42.1 Å². The van der Waals surface area contributed by atoms with E-state index in [2.05, 4.69) is 4.98 Å². The van der Waals surface area contributed by atoms with Gasteiger partial charge in [-0.25, -0.2) is 4.98 Å². The maximum atomic E-state index is 12.6. The second-order valence-electron chi connectivity index (χ2n) is 5.55. The van der Waals surface area contributed by atoms with E-state index in [1.807, 2.05) is 55.5 Å². The van der Waals surface area contributed by atoms with Crippen molar-refractivity contribution < 1.29 is 9.84 Å². The zero-order valence-electron chi connectivity index (χ0n) is 14.0. The molecule has 0 unspecified atom stereocenters. The second-order valence-corrected chi connectivity index (χ2v) is 6.54. The van der Waals surface area contributed by atoms with Gasteiger partial charge in [0.25, 0.3) is 5.56 Å². The summed E-state index contributed by atoms with van der Waals surface area (Å²) in [5.41, 5.74) is 0.625. The molecular formula is C19H20N2O3S. The third kappa shape index (κ3) is 4.21. The van der Waals surface area contributed by atoms with Gasteiger partial charge in [0.05, 0.1) is 17.0 Å². The van der Waals surface area contributed by atoms with Crippen LogP contribution in [0, 0.1) is 0 Å². The number of hydrogen-bond acceptors (Lipinski definition) is 5. The lowest BCUT2D eigenvalue weighted by Gasteiger charge is -2.14. The maximum absolute atomic E-state index is 12.6. The molecule has 5 nitrogen and oxygen atoms in total. The van der Waals surface area contributed by atoms with Gasteiger partial charge in [-0.3, -0.25) is 9.36 Å². The van der Waals surface area contributed by atoms with Crippen molar-refractivity contribution in [3.8, 4) is 5.75 Å². The van der Waals surface area contributed by atoms with Gasteiger partial charge >= 0.3 is 0 Å². The summed E-state index contributed by atoms with van der Waals surface area (Å²) < 4.78 is 7.19. The fourth-order valence-corrected chi connectivity index (χ4v) is 3.43. The number of rotatable bonds is 7. The Morgan fingerprint density at radius 1 is 1.16 bits per heavy atom. The highest BCUT2D eigenvalue weighted by Crippen LogP contribution is 2.19. The minimum Gasteiger partial charge on any atom is -0.491 e. The van der Waals surface area contributed by atoms with Crippen LogP contribution in [0.1, 0.15) is 6.92 Å². The molecule has 6 heteroatoms. The first-order valence-corrected chi connectivity index (χ1v) is 9.16. The van der Waals surface area contributed by atoms with Crippen LogP contribution in [0.5, 0.6) is 5.75 Å². The maximum Gasteiger partial charge on any atom is 0.262 e. The van der Waals surface area contributed by atoms with Gasteiger partial charge in [0.15, 0.2) is 5.16 Å². The number of benzene rings is 2. The summed E-state index contributed by atoms with van der Waals surface area (Å²) in [5.74, 6) is 1.12. The Balaban J connectivity index is 1.69. The lowest BCUT2D eigenvalue weighted by Crippen LogP contribution is -2.24. The van der Waals surface area contributed by atoms with Gasteiger partial charge in [-0.15, -0.1) is 0 Å². The second kappa shape index (κ2) is 8.18. The van der Waals surface area contributed by atoms with Gasteiger partial charge < -0.3 is 9.84 Å². The summed E-state index contributed by atoms with van der Waals surface area (Å²) in [5, 5.41) is 11.4. The summed E-state index contributed by atoms with van der Waals surface area (Å²) in [6, 6.07) is 16.7. The Bertz CT molecular complexity index is 896. The molecule has 0 fully saturated rings. The number of aliphatic hydroxyl groups is 1. The van der Waals surface area contributed by atoms with Crippen LogP contribution < -0.4 is 10.3 Å². The summed E-state index contributed by atoms with van der Waals surface area (Å²) in [7, 11) is 0. The number of fused-ring (bicyclic) bond motifs is 1. The Morgan fingerprint density at radius 2 is 1.88 bits per heavy atom. The van der Waals surface area contributed by atoms with E-state index in [9.17, 15) is 9.90 Å². The average molecular weight is 356 g/mol. The largest absolute Gasteiger partial charge is 0.491 e. The molecule has 0 aliphatic rings. The highest BCUT2D eigenvalue weighted by molar-refractivity contribution is 7.99. The fourth-order valence-electron chi connectivity index (χ4n) is 2.46. The number of hydrogen-bond donors (Lipinski definition) is 1. The molecule has 3 aromatic rings. The van der Waals surface area contributed by atoms with Crippen LogP contribution in [0.3, 0.4) is 0 Å². The smallest absolute Gasteiger partial charge is 0.262 e. The highest BCUT2D eigenvalue weighted by Gasteiger charge is 2.13. The summed E-state index contributed by atoms with van der Waals surface area (Å²) in [4.78, 5) is 17.1. The van der Waals surface area contributed by atoms with Crippen molar-refractivity contribution in [2.45, 2.75) is 24.7 Å². The molecular weight excluding hydrogens is 336 g/mol. The van der Waals surface area contributed by atoms with Crippen molar-refractivity contribution in [3.63, 3.8) is 0 Å². The first-order chi connectivity index (χ1) is 12.2. The van der Waals surface area contributed by atoms with E-state index in [0.717, 1.165) is 5.75 Å². The van der Waals surface area contributed by atoms with Crippen LogP contribution in [0.4, 0.5) is 0 Å². The molecule has 130 valence electrons. The van der Waals surface area contributed by atoms with Crippen molar-refractivity contribution in [2.24, 2.45) is 0 Å². The molecule has 0 radical (unpaired) electrons. The molecule has 0 spiro atoms. The first kappa shape index (κ1) is 17.5. The van der Waals surface area contributed by atoms with Gasteiger partial charge in [0, 0.05) is 12.3 Å². The number of nitrogens with zero attached hydrogens (tertiary/aromatic N) is 2. The molecule has 3 rings (SSSR count). The number of aromatic nitrogens is 2. The molecule has 0 bridgehead atoms. The minimum atomic E-state index is -0.654. The Morgan fingerprint density at radius 3 is 2.64 bits per heavy atom. The summed E-state index contributed by atoms with van der Waals surface area (Å²) in [6.07, 6.45) is -0.654. The number of ether oxygens (including phenoxy) is 1. The molecule has 0 amide bonds. The molecule has 25 heavy (non-hydrogen) atoms. The number of aliphatic hydroxyl groups excluding tert-OH is 1. The van der Waals surface area contributed by atoms with E-state index in [1.54, 1.807) is 10.6 Å². The summed E-state index contributed by atoms with van der Waals surface area (Å²) >= 11 is 1.37. The van der Waals surface area contributed by atoms with Gasteiger partial charge in [0.2, 0.25) is 0 Å². The minimum absolute atomic E-state index is 0.0503. The Hall–Kier alpha value is -2.31. The van der Waals surface area contributed by atoms with Crippen LogP contribution in [0.25, 0.3) is 10.9 Å². The molecule has 1 aromatic heterocycles. The number of thioether (sulfide) groups is 1. The fraction of sp³-hybridized carbons (Fsp3) is 0.263. The monoisotopic (exact) mass is 356 g/mol. The van der Waals surface area contributed by atoms with Crippen molar-refractivity contribution in [1.82, 2.24) is 9.55 Å². The molecule has 1 heterocycles. The van der Waals surface area contributed by atoms with Crippen molar-refractivity contribution >= 4 is 22.7 Å². The Kier molecular flexibility index (Phi) is 5.73. The molecule has 0 aliphatic carbocycles. The molecule has 0 saturated carbocycles. The van der Waals surface area contributed by atoms with Crippen LogP contribution in [-0.4, -0.2) is 33.1 Å². The van der Waals surface area contributed by atoms with E-state index in [0.29, 0.717) is 28.4 Å². The molecule has 1 N–H and O–H groups in total. The quantitative estimate of drug-likeness (QED) is 0.521. The predicted octanol–water partition coefficient (Wildman–Crippen LogP) is 2.95. The van der Waals surface area contributed by atoms with Crippen molar-refractivity contribution in [1.29, 1.82) is 0 Å². The first-order valence-electron chi connectivity index (χ1n) is 8.17. The van der Waals surface area contributed by atoms with E-state index < -0.39 is 6.10 Å². The van der Waals surface area contributed by atoms with E-state index >= 15 is 0 Å². The topological polar surface area (TPSA) is 64.3 Å². The molecule has 1 atom stereocenters. The van der Waals surface area contributed by atoms with Crippen LogP contribution >= 0.6 is 11.8 Å². The number of para-hydroxylation sites is 2. The van der Waals surface area contributed by atoms with E-state index in [4.69, 9.17) is 4.74 Å².